The third kappa shape index (κ3) is 2.72. The summed E-state index contributed by atoms with van der Waals surface area (Å²) in [6, 6.07) is 6.29. The van der Waals surface area contributed by atoms with Crippen molar-refractivity contribution in [3.05, 3.63) is 23.8 Å². The molecular weight excluding hydrogens is 214 g/mol. The zero-order chi connectivity index (χ0) is 12.3. The SMILES string of the molecule is COc1ccc(C2CCN(C)CC2)cc1OC. The fraction of sp³-hybridized carbons (Fsp3) is 0.571. The molecule has 0 atom stereocenters. The van der Waals surface area contributed by atoms with Gasteiger partial charge in [-0.2, -0.15) is 0 Å². The molecule has 94 valence electrons. The lowest BCUT2D eigenvalue weighted by atomic mass is 9.89. The Morgan fingerprint density at radius 2 is 1.71 bits per heavy atom. The van der Waals surface area contributed by atoms with Crippen LogP contribution in [-0.2, 0) is 0 Å². The highest BCUT2D eigenvalue weighted by Crippen LogP contribution is 2.34. The van der Waals surface area contributed by atoms with Crippen molar-refractivity contribution in [3.8, 4) is 11.5 Å². The van der Waals surface area contributed by atoms with E-state index in [0.29, 0.717) is 5.92 Å². The summed E-state index contributed by atoms with van der Waals surface area (Å²) in [7, 11) is 5.55. The van der Waals surface area contributed by atoms with Gasteiger partial charge < -0.3 is 14.4 Å². The standard InChI is InChI=1S/C14H21NO2/c1-15-8-6-11(7-9-15)12-4-5-13(16-2)14(10-12)17-3/h4-5,10-11H,6-9H2,1-3H3. The van der Waals surface area contributed by atoms with Gasteiger partial charge in [-0.25, -0.2) is 0 Å². The minimum atomic E-state index is 0.658. The zero-order valence-corrected chi connectivity index (χ0v) is 10.9. The first-order valence-corrected chi connectivity index (χ1v) is 6.15. The van der Waals surface area contributed by atoms with E-state index in [4.69, 9.17) is 9.47 Å². The minimum Gasteiger partial charge on any atom is -0.493 e. The number of ether oxygens (including phenoxy) is 2. The second-order valence-corrected chi connectivity index (χ2v) is 4.69. The molecule has 1 heterocycles. The Morgan fingerprint density at radius 1 is 1.06 bits per heavy atom. The van der Waals surface area contributed by atoms with Crippen molar-refractivity contribution < 1.29 is 9.47 Å². The third-order valence-corrected chi connectivity index (χ3v) is 3.60. The molecule has 0 aliphatic carbocycles. The van der Waals surface area contributed by atoms with Gasteiger partial charge in [-0.15, -0.1) is 0 Å². The highest BCUT2D eigenvalue weighted by Gasteiger charge is 2.19. The van der Waals surface area contributed by atoms with Gasteiger partial charge in [0.15, 0.2) is 11.5 Å². The van der Waals surface area contributed by atoms with E-state index in [9.17, 15) is 0 Å². The van der Waals surface area contributed by atoms with Crippen molar-refractivity contribution in [2.45, 2.75) is 18.8 Å². The first kappa shape index (κ1) is 12.2. The predicted molar refractivity (Wildman–Crippen MR) is 69.0 cm³/mol. The molecule has 1 aliphatic heterocycles. The average Bonchev–Trinajstić information content (AvgIpc) is 2.39. The molecule has 1 saturated heterocycles. The van der Waals surface area contributed by atoms with Gasteiger partial charge in [-0.05, 0) is 56.6 Å². The van der Waals surface area contributed by atoms with Crippen LogP contribution in [0.3, 0.4) is 0 Å². The van der Waals surface area contributed by atoms with E-state index < -0.39 is 0 Å². The molecule has 2 rings (SSSR count). The summed E-state index contributed by atoms with van der Waals surface area (Å²) in [5.41, 5.74) is 1.37. The van der Waals surface area contributed by atoms with Crippen LogP contribution in [0.2, 0.25) is 0 Å². The number of hydrogen-bond acceptors (Lipinski definition) is 3. The van der Waals surface area contributed by atoms with Crippen molar-refractivity contribution in [1.29, 1.82) is 0 Å². The lowest BCUT2D eigenvalue weighted by Gasteiger charge is -2.29. The van der Waals surface area contributed by atoms with Crippen LogP contribution in [0.1, 0.15) is 24.3 Å². The van der Waals surface area contributed by atoms with Crippen molar-refractivity contribution in [3.63, 3.8) is 0 Å². The van der Waals surface area contributed by atoms with Crippen LogP contribution in [0.15, 0.2) is 18.2 Å². The lowest BCUT2D eigenvalue weighted by Crippen LogP contribution is -2.29. The van der Waals surface area contributed by atoms with Crippen LogP contribution in [0.5, 0.6) is 11.5 Å². The van der Waals surface area contributed by atoms with Gasteiger partial charge >= 0.3 is 0 Å². The quantitative estimate of drug-likeness (QED) is 0.803. The van der Waals surface area contributed by atoms with Crippen LogP contribution in [-0.4, -0.2) is 39.3 Å². The van der Waals surface area contributed by atoms with Crippen molar-refractivity contribution in [2.24, 2.45) is 0 Å². The van der Waals surface area contributed by atoms with Gasteiger partial charge in [0, 0.05) is 0 Å². The van der Waals surface area contributed by atoms with E-state index in [1.165, 1.54) is 31.5 Å². The number of methoxy groups -OCH3 is 2. The van der Waals surface area contributed by atoms with E-state index >= 15 is 0 Å². The Labute approximate surface area is 103 Å². The van der Waals surface area contributed by atoms with Crippen LogP contribution < -0.4 is 9.47 Å². The van der Waals surface area contributed by atoms with Crippen molar-refractivity contribution >= 4 is 0 Å². The van der Waals surface area contributed by atoms with Crippen LogP contribution in [0.25, 0.3) is 0 Å². The smallest absolute Gasteiger partial charge is 0.160 e. The number of piperidine rings is 1. The molecule has 1 aliphatic rings. The normalized spacial score (nSPS) is 18.1. The number of hydrogen-bond donors (Lipinski definition) is 0. The van der Waals surface area contributed by atoms with Gasteiger partial charge in [0.1, 0.15) is 0 Å². The predicted octanol–water partition coefficient (Wildman–Crippen LogP) is 2.51. The molecule has 0 spiro atoms. The average molecular weight is 235 g/mol. The molecule has 0 aromatic heterocycles. The Kier molecular flexibility index (Phi) is 3.89. The highest BCUT2D eigenvalue weighted by molar-refractivity contribution is 5.44. The minimum absolute atomic E-state index is 0.658. The van der Waals surface area contributed by atoms with Gasteiger partial charge in [-0.1, -0.05) is 6.07 Å². The molecular formula is C14H21NO2. The Bertz CT molecular complexity index is 370. The molecule has 3 nitrogen and oxygen atoms in total. The number of nitrogens with zero attached hydrogens (tertiary/aromatic N) is 1. The van der Waals surface area contributed by atoms with Gasteiger partial charge in [0.25, 0.3) is 0 Å². The summed E-state index contributed by atoms with van der Waals surface area (Å²) in [5.74, 6) is 2.30. The van der Waals surface area contributed by atoms with E-state index in [-0.39, 0.29) is 0 Å². The summed E-state index contributed by atoms with van der Waals surface area (Å²) in [6.07, 6.45) is 2.46. The van der Waals surface area contributed by atoms with E-state index in [1.807, 2.05) is 6.07 Å². The zero-order valence-electron chi connectivity index (χ0n) is 10.9. The summed E-state index contributed by atoms with van der Waals surface area (Å²) in [4.78, 5) is 2.39. The largest absolute Gasteiger partial charge is 0.493 e. The first-order chi connectivity index (χ1) is 8.24. The second-order valence-electron chi connectivity index (χ2n) is 4.69. The summed E-state index contributed by atoms with van der Waals surface area (Å²) in [6.45, 7) is 2.36. The van der Waals surface area contributed by atoms with Gasteiger partial charge in [-0.3, -0.25) is 0 Å². The highest BCUT2D eigenvalue weighted by atomic mass is 16.5. The molecule has 0 amide bonds. The van der Waals surface area contributed by atoms with Crippen LogP contribution in [0, 0.1) is 0 Å². The molecule has 0 saturated carbocycles. The van der Waals surface area contributed by atoms with E-state index in [2.05, 4.69) is 24.1 Å². The number of rotatable bonds is 3. The van der Waals surface area contributed by atoms with Gasteiger partial charge in [0.05, 0.1) is 14.2 Å². The number of benzene rings is 1. The number of likely N-dealkylation sites (tertiary alicyclic amines) is 1. The summed E-state index contributed by atoms with van der Waals surface area (Å²) >= 11 is 0. The maximum absolute atomic E-state index is 5.35. The fourth-order valence-corrected chi connectivity index (χ4v) is 2.45. The maximum atomic E-state index is 5.35. The second kappa shape index (κ2) is 5.41. The molecule has 17 heavy (non-hydrogen) atoms. The van der Waals surface area contributed by atoms with Crippen LogP contribution >= 0.6 is 0 Å². The summed E-state index contributed by atoms with van der Waals surface area (Å²) < 4.78 is 10.6. The molecule has 0 unspecified atom stereocenters. The molecule has 1 fully saturated rings. The first-order valence-electron chi connectivity index (χ1n) is 6.15. The van der Waals surface area contributed by atoms with E-state index in [0.717, 1.165) is 11.5 Å². The summed E-state index contributed by atoms with van der Waals surface area (Å²) in [5, 5.41) is 0. The monoisotopic (exact) mass is 235 g/mol. The molecule has 1 aromatic carbocycles. The molecule has 1 aromatic rings. The molecule has 0 bridgehead atoms. The molecule has 3 heteroatoms. The van der Waals surface area contributed by atoms with Crippen molar-refractivity contribution in [1.82, 2.24) is 4.90 Å². The fourth-order valence-electron chi connectivity index (χ4n) is 2.45. The topological polar surface area (TPSA) is 21.7 Å². The van der Waals surface area contributed by atoms with Crippen molar-refractivity contribution in [2.75, 3.05) is 34.4 Å². The van der Waals surface area contributed by atoms with Gasteiger partial charge in [0.2, 0.25) is 0 Å². The third-order valence-electron chi connectivity index (χ3n) is 3.60. The Balaban J connectivity index is 2.16. The Hall–Kier alpha value is -1.22. The lowest BCUT2D eigenvalue weighted by molar-refractivity contribution is 0.255. The molecule has 0 radical (unpaired) electrons. The maximum Gasteiger partial charge on any atom is 0.160 e. The Morgan fingerprint density at radius 3 is 2.29 bits per heavy atom. The van der Waals surface area contributed by atoms with Crippen LogP contribution in [0.4, 0.5) is 0 Å². The molecule has 0 N–H and O–H groups in total. The van der Waals surface area contributed by atoms with E-state index in [1.54, 1.807) is 14.2 Å².